The van der Waals surface area contributed by atoms with Crippen molar-refractivity contribution < 1.29 is 13.9 Å². The molecule has 4 rings (SSSR count). The molecule has 164 valence electrons. The molecule has 0 unspecified atom stereocenters. The second-order valence-electron chi connectivity index (χ2n) is 8.63. The predicted molar refractivity (Wildman–Crippen MR) is 134 cm³/mol. The second-order valence-corrected chi connectivity index (χ2v) is 9.55. The number of carbonyl (C=O) groups excluding carboxylic acids is 1. The van der Waals surface area contributed by atoms with Crippen LogP contribution in [0.25, 0.3) is 33.6 Å². The van der Waals surface area contributed by atoms with E-state index in [1.807, 2.05) is 78.9 Å². The van der Waals surface area contributed by atoms with Crippen LogP contribution in [0.3, 0.4) is 0 Å². The van der Waals surface area contributed by atoms with Gasteiger partial charge in [0.05, 0.1) is 11.0 Å². The Balaban J connectivity index is 2.05. The van der Waals surface area contributed by atoms with Gasteiger partial charge in [0.2, 0.25) is 0 Å². The van der Waals surface area contributed by atoms with Gasteiger partial charge < -0.3 is 9.15 Å². The first kappa shape index (κ1) is 22.6. The third-order valence-corrected chi connectivity index (χ3v) is 5.66. The highest BCUT2D eigenvalue weighted by molar-refractivity contribution is 9.10. The Morgan fingerprint density at radius 2 is 1.58 bits per heavy atom. The molecule has 1 aromatic heterocycles. The number of ether oxygens (including phenoxy) is 1. The van der Waals surface area contributed by atoms with E-state index in [4.69, 9.17) is 9.15 Å². The van der Waals surface area contributed by atoms with Crippen LogP contribution in [-0.2, 0) is 9.53 Å². The second kappa shape index (κ2) is 9.09. The van der Waals surface area contributed by atoms with Gasteiger partial charge in [-0.3, -0.25) is 4.79 Å². The van der Waals surface area contributed by atoms with Gasteiger partial charge in [-0.25, -0.2) is 0 Å². The average molecular weight is 500 g/mol. The van der Waals surface area contributed by atoms with Crippen molar-refractivity contribution in [2.24, 2.45) is 5.41 Å². The van der Waals surface area contributed by atoms with Gasteiger partial charge in [0.15, 0.2) is 5.76 Å². The minimum atomic E-state index is -0.742. The number of halogens is 1. The van der Waals surface area contributed by atoms with Crippen LogP contribution in [0.4, 0.5) is 0 Å². The zero-order valence-electron chi connectivity index (χ0n) is 18.6. The summed E-state index contributed by atoms with van der Waals surface area (Å²) in [5.74, 6) is 0.329. The predicted octanol–water partition coefficient (Wildman–Crippen LogP) is 7.84. The van der Waals surface area contributed by atoms with Crippen LogP contribution in [0, 0.1) is 16.7 Å². The topological polar surface area (TPSA) is 63.2 Å². The van der Waals surface area contributed by atoms with Crippen molar-refractivity contribution in [2.45, 2.75) is 20.8 Å². The Hall–Kier alpha value is -3.62. The number of benzene rings is 3. The van der Waals surface area contributed by atoms with E-state index in [-0.39, 0.29) is 11.3 Å². The van der Waals surface area contributed by atoms with Crippen molar-refractivity contribution in [3.05, 3.63) is 94.5 Å². The highest BCUT2D eigenvalue weighted by atomic mass is 79.9. The van der Waals surface area contributed by atoms with Crippen LogP contribution in [0.5, 0.6) is 0 Å². The van der Waals surface area contributed by atoms with Gasteiger partial charge in [-0.05, 0) is 39.0 Å². The lowest BCUT2D eigenvalue weighted by molar-refractivity contribution is -0.145. The monoisotopic (exact) mass is 499 g/mol. The number of nitrogens with zero attached hydrogens (tertiary/aromatic N) is 1. The van der Waals surface area contributed by atoms with E-state index in [0.717, 1.165) is 15.4 Å². The SMILES string of the molecule is CC(C)(C)C(=O)O/C(=C(/C#N)c1c(-c2ccc(Br)cc2)oc2ccccc12)c1ccccc1. The number of hydrogen-bond donors (Lipinski definition) is 0. The molecule has 0 amide bonds. The zero-order valence-corrected chi connectivity index (χ0v) is 20.1. The summed E-state index contributed by atoms with van der Waals surface area (Å²) in [4.78, 5) is 12.9. The van der Waals surface area contributed by atoms with Crippen LogP contribution >= 0.6 is 15.9 Å². The quantitative estimate of drug-likeness (QED) is 0.163. The minimum absolute atomic E-state index is 0.211. The van der Waals surface area contributed by atoms with Crippen molar-refractivity contribution in [1.29, 1.82) is 5.26 Å². The molecular weight excluding hydrogens is 478 g/mol. The molecule has 4 nitrogen and oxygen atoms in total. The smallest absolute Gasteiger partial charge is 0.316 e. The molecule has 4 aromatic rings. The summed E-state index contributed by atoms with van der Waals surface area (Å²) in [7, 11) is 0. The van der Waals surface area contributed by atoms with E-state index in [1.165, 1.54) is 0 Å². The summed E-state index contributed by atoms with van der Waals surface area (Å²) in [6.45, 7) is 5.35. The number of furan rings is 1. The van der Waals surface area contributed by atoms with Gasteiger partial charge in [-0.2, -0.15) is 5.26 Å². The van der Waals surface area contributed by atoms with Gasteiger partial charge in [-0.15, -0.1) is 0 Å². The standard InChI is InChI=1S/C28H22BrNO3/c1-28(2,3)27(31)33-25(18-9-5-4-6-10-18)22(17-30)24-21-11-7-8-12-23(21)32-26(24)19-13-15-20(29)16-14-19/h4-16H,1-3H3/b25-22-. The van der Waals surface area contributed by atoms with Crippen LogP contribution in [0.2, 0.25) is 0 Å². The molecule has 0 aliphatic rings. The summed E-state index contributed by atoms with van der Waals surface area (Å²) < 4.78 is 13.1. The van der Waals surface area contributed by atoms with Crippen molar-refractivity contribution in [2.75, 3.05) is 0 Å². The number of esters is 1. The number of nitriles is 1. The molecule has 0 atom stereocenters. The third kappa shape index (κ3) is 4.62. The fourth-order valence-corrected chi connectivity index (χ4v) is 3.67. The number of hydrogen-bond acceptors (Lipinski definition) is 4. The molecule has 5 heteroatoms. The lowest BCUT2D eigenvalue weighted by Gasteiger charge is -2.19. The first-order chi connectivity index (χ1) is 15.8. The molecule has 33 heavy (non-hydrogen) atoms. The maximum atomic E-state index is 12.9. The maximum Gasteiger partial charge on any atom is 0.316 e. The molecule has 0 radical (unpaired) electrons. The van der Waals surface area contributed by atoms with Crippen molar-refractivity contribution >= 4 is 44.2 Å². The Bertz CT molecular complexity index is 1390. The van der Waals surface area contributed by atoms with E-state index in [0.29, 0.717) is 22.5 Å². The molecule has 0 saturated heterocycles. The number of rotatable bonds is 4. The van der Waals surface area contributed by atoms with Crippen LogP contribution < -0.4 is 0 Å². The summed E-state index contributed by atoms with van der Waals surface area (Å²) in [6.07, 6.45) is 0. The normalized spacial score (nSPS) is 12.2. The molecule has 0 N–H and O–H groups in total. The van der Waals surface area contributed by atoms with Gasteiger partial charge in [0, 0.05) is 21.0 Å². The van der Waals surface area contributed by atoms with Crippen LogP contribution in [-0.4, -0.2) is 5.97 Å². The number of carbonyl (C=O) groups is 1. The van der Waals surface area contributed by atoms with E-state index >= 15 is 0 Å². The van der Waals surface area contributed by atoms with Gasteiger partial charge >= 0.3 is 5.97 Å². The summed E-state index contributed by atoms with van der Waals surface area (Å²) in [5, 5.41) is 11.1. The number of fused-ring (bicyclic) bond motifs is 1. The van der Waals surface area contributed by atoms with Gasteiger partial charge in [0.1, 0.15) is 23.0 Å². The fraction of sp³-hybridized carbons (Fsp3) is 0.143. The highest BCUT2D eigenvalue weighted by Gasteiger charge is 2.29. The fourth-order valence-electron chi connectivity index (χ4n) is 3.41. The van der Waals surface area contributed by atoms with E-state index in [2.05, 4.69) is 22.0 Å². The first-order valence-electron chi connectivity index (χ1n) is 10.5. The van der Waals surface area contributed by atoms with Crippen molar-refractivity contribution in [3.63, 3.8) is 0 Å². The third-order valence-electron chi connectivity index (χ3n) is 5.13. The van der Waals surface area contributed by atoms with Crippen LogP contribution in [0.1, 0.15) is 31.9 Å². The van der Waals surface area contributed by atoms with E-state index < -0.39 is 11.4 Å². The van der Waals surface area contributed by atoms with Gasteiger partial charge in [0.25, 0.3) is 0 Å². The van der Waals surface area contributed by atoms with Crippen molar-refractivity contribution in [1.82, 2.24) is 0 Å². The highest BCUT2D eigenvalue weighted by Crippen LogP contribution is 2.41. The Morgan fingerprint density at radius 1 is 0.939 bits per heavy atom. The summed E-state index contributed by atoms with van der Waals surface area (Å²) in [5.41, 5.74) is 2.18. The molecule has 0 spiro atoms. The first-order valence-corrected chi connectivity index (χ1v) is 11.3. The van der Waals surface area contributed by atoms with Crippen LogP contribution in [0.15, 0.2) is 87.8 Å². The minimum Gasteiger partial charge on any atom is -0.455 e. The maximum absolute atomic E-state index is 12.9. The van der Waals surface area contributed by atoms with Crippen molar-refractivity contribution in [3.8, 4) is 17.4 Å². The molecule has 0 fully saturated rings. The molecular formula is C28H22BrNO3. The largest absolute Gasteiger partial charge is 0.455 e. The Morgan fingerprint density at radius 3 is 2.21 bits per heavy atom. The molecule has 0 aliphatic heterocycles. The molecule has 0 bridgehead atoms. The summed E-state index contributed by atoms with van der Waals surface area (Å²) in [6, 6.07) is 26.7. The van der Waals surface area contributed by atoms with E-state index in [9.17, 15) is 10.1 Å². The molecule has 1 heterocycles. The lowest BCUT2D eigenvalue weighted by atomic mass is 9.95. The number of para-hydroxylation sites is 1. The Kier molecular flexibility index (Phi) is 6.22. The van der Waals surface area contributed by atoms with Gasteiger partial charge in [-0.1, -0.05) is 76.6 Å². The molecule has 0 saturated carbocycles. The van der Waals surface area contributed by atoms with E-state index in [1.54, 1.807) is 20.8 Å². The molecule has 0 aliphatic carbocycles. The lowest BCUT2D eigenvalue weighted by Crippen LogP contribution is -2.22. The number of allylic oxidation sites excluding steroid dienone is 1. The molecule has 3 aromatic carbocycles. The Labute approximate surface area is 201 Å². The summed E-state index contributed by atoms with van der Waals surface area (Å²) >= 11 is 3.46. The zero-order chi connectivity index (χ0) is 23.6. The average Bonchev–Trinajstić information content (AvgIpc) is 3.18.